The summed E-state index contributed by atoms with van der Waals surface area (Å²) in [6.07, 6.45) is 2.12. The standard InChI is InChI=1S/C21H19FN2O4S2/c22-15-6-7-20-18(12-15)19(8-10-29-20)24-21(25)14-3-1-5-17(11-14)30(26,27)23-13-16-4-2-9-28-16/h1-7,9,11-12,19,23H,8,10,13H2,(H,24,25). The Morgan fingerprint density at radius 1 is 1.17 bits per heavy atom. The van der Waals surface area contributed by atoms with Crippen LogP contribution in [0.4, 0.5) is 4.39 Å². The molecular formula is C21H19FN2O4S2. The molecule has 30 heavy (non-hydrogen) atoms. The SMILES string of the molecule is O=C(NC1CCSc2ccc(F)cc21)c1cccc(S(=O)(=O)NCc2ccco2)c1. The summed E-state index contributed by atoms with van der Waals surface area (Å²) in [6, 6.07) is 13.4. The molecule has 6 nitrogen and oxygen atoms in total. The quantitative estimate of drug-likeness (QED) is 0.600. The molecule has 1 amide bonds. The topological polar surface area (TPSA) is 88.4 Å². The van der Waals surface area contributed by atoms with Crippen LogP contribution in [0.2, 0.25) is 0 Å². The molecule has 0 spiro atoms. The highest BCUT2D eigenvalue weighted by atomic mass is 32.2. The van der Waals surface area contributed by atoms with Crippen LogP contribution >= 0.6 is 11.8 Å². The number of fused-ring (bicyclic) bond motifs is 1. The van der Waals surface area contributed by atoms with Crippen molar-refractivity contribution >= 4 is 27.7 Å². The summed E-state index contributed by atoms with van der Waals surface area (Å²) in [6.45, 7) is 0.00778. The third kappa shape index (κ3) is 4.58. The van der Waals surface area contributed by atoms with Crippen molar-refractivity contribution < 1.29 is 22.0 Å². The number of furan rings is 1. The molecule has 0 bridgehead atoms. The Balaban J connectivity index is 1.50. The molecule has 1 unspecified atom stereocenters. The van der Waals surface area contributed by atoms with Crippen LogP contribution in [0, 0.1) is 5.82 Å². The number of hydrogen-bond acceptors (Lipinski definition) is 5. The van der Waals surface area contributed by atoms with Gasteiger partial charge >= 0.3 is 0 Å². The number of nitrogens with one attached hydrogen (secondary N) is 2. The first-order valence-corrected chi connectivity index (χ1v) is 11.7. The highest BCUT2D eigenvalue weighted by Gasteiger charge is 2.24. The van der Waals surface area contributed by atoms with Crippen molar-refractivity contribution in [3.05, 3.63) is 83.6 Å². The summed E-state index contributed by atoms with van der Waals surface area (Å²) in [7, 11) is -3.82. The van der Waals surface area contributed by atoms with E-state index in [2.05, 4.69) is 10.0 Å². The van der Waals surface area contributed by atoms with Gasteiger partial charge in [-0.3, -0.25) is 4.79 Å². The molecule has 1 aliphatic rings. The van der Waals surface area contributed by atoms with Crippen LogP contribution in [0.25, 0.3) is 0 Å². The molecule has 3 aromatic rings. The molecule has 0 fully saturated rings. The van der Waals surface area contributed by atoms with Crippen LogP contribution < -0.4 is 10.0 Å². The minimum absolute atomic E-state index is 0.00778. The number of halogens is 1. The molecule has 2 aromatic carbocycles. The lowest BCUT2D eigenvalue weighted by atomic mass is 10.0. The van der Waals surface area contributed by atoms with Gasteiger partial charge in [-0.2, -0.15) is 0 Å². The zero-order valence-corrected chi connectivity index (χ0v) is 17.4. The Morgan fingerprint density at radius 3 is 2.83 bits per heavy atom. The van der Waals surface area contributed by atoms with Gasteiger partial charge in [0, 0.05) is 16.2 Å². The predicted molar refractivity (Wildman–Crippen MR) is 111 cm³/mol. The minimum Gasteiger partial charge on any atom is -0.468 e. The first-order valence-electron chi connectivity index (χ1n) is 9.27. The Bertz CT molecular complexity index is 1160. The van der Waals surface area contributed by atoms with Crippen molar-refractivity contribution in [1.82, 2.24) is 10.0 Å². The number of carbonyl (C=O) groups excluding carboxylic acids is 1. The van der Waals surface area contributed by atoms with Gasteiger partial charge in [0.15, 0.2) is 0 Å². The summed E-state index contributed by atoms with van der Waals surface area (Å²) in [5.41, 5.74) is 0.954. The van der Waals surface area contributed by atoms with E-state index in [1.54, 1.807) is 36.0 Å². The monoisotopic (exact) mass is 446 g/mol. The van der Waals surface area contributed by atoms with E-state index in [1.165, 1.54) is 36.6 Å². The van der Waals surface area contributed by atoms with Crippen LogP contribution in [0.3, 0.4) is 0 Å². The van der Waals surface area contributed by atoms with Gasteiger partial charge in [-0.1, -0.05) is 6.07 Å². The first-order chi connectivity index (χ1) is 14.4. The van der Waals surface area contributed by atoms with E-state index in [4.69, 9.17) is 4.42 Å². The van der Waals surface area contributed by atoms with Crippen LogP contribution in [-0.2, 0) is 16.6 Å². The molecule has 156 valence electrons. The molecule has 9 heteroatoms. The van der Waals surface area contributed by atoms with E-state index in [9.17, 15) is 17.6 Å². The Labute approximate surface area is 177 Å². The summed E-state index contributed by atoms with van der Waals surface area (Å²) in [5, 5.41) is 2.90. The molecule has 2 heterocycles. The zero-order chi connectivity index (χ0) is 21.1. The summed E-state index contributed by atoms with van der Waals surface area (Å²) < 4.78 is 46.4. The van der Waals surface area contributed by atoms with E-state index in [0.717, 1.165) is 16.2 Å². The number of carbonyl (C=O) groups is 1. The smallest absolute Gasteiger partial charge is 0.251 e. The maximum atomic E-state index is 13.7. The first kappa shape index (κ1) is 20.6. The molecule has 1 aliphatic heterocycles. The lowest BCUT2D eigenvalue weighted by molar-refractivity contribution is 0.0934. The average molecular weight is 447 g/mol. The highest BCUT2D eigenvalue weighted by Crippen LogP contribution is 2.36. The van der Waals surface area contributed by atoms with Crippen LogP contribution in [0.1, 0.15) is 34.1 Å². The normalized spacial score (nSPS) is 16.1. The number of rotatable bonds is 6. The summed E-state index contributed by atoms with van der Waals surface area (Å²) in [4.78, 5) is 13.7. The van der Waals surface area contributed by atoms with Crippen molar-refractivity contribution in [2.24, 2.45) is 0 Å². The van der Waals surface area contributed by atoms with Crippen LogP contribution in [0.15, 0.2) is 75.1 Å². The molecular weight excluding hydrogens is 427 g/mol. The Hall–Kier alpha value is -2.62. The van der Waals surface area contributed by atoms with Gasteiger partial charge in [0.2, 0.25) is 10.0 Å². The highest BCUT2D eigenvalue weighted by molar-refractivity contribution is 7.99. The van der Waals surface area contributed by atoms with E-state index in [1.807, 2.05) is 0 Å². The van der Waals surface area contributed by atoms with Gasteiger partial charge in [-0.25, -0.2) is 17.5 Å². The largest absolute Gasteiger partial charge is 0.468 e. The third-order valence-corrected chi connectivity index (χ3v) is 7.26. The van der Waals surface area contributed by atoms with Crippen molar-refractivity contribution in [1.29, 1.82) is 0 Å². The lowest BCUT2D eigenvalue weighted by Gasteiger charge is -2.26. The second-order valence-corrected chi connectivity index (χ2v) is 9.68. The zero-order valence-electron chi connectivity index (χ0n) is 15.8. The van der Waals surface area contributed by atoms with Crippen molar-refractivity contribution in [3.63, 3.8) is 0 Å². The van der Waals surface area contributed by atoms with Crippen LogP contribution in [-0.4, -0.2) is 20.1 Å². The van der Waals surface area contributed by atoms with Crippen molar-refractivity contribution in [2.45, 2.75) is 28.8 Å². The fourth-order valence-electron chi connectivity index (χ4n) is 3.22. The van der Waals surface area contributed by atoms with Crippen molar-refractivity contribution in [3.8, 4) is 0 Å². The maximum absolute atomic E-state index is 13.7. The predicted octanol–water partition coefficient (Wildman–Crippen LogP) is 3.86. The van der Waals surface area contributed by atoms with Gasteiger partial charge in [-0.15, -0.1) is 11.8 Å². The number of sulfonamides is 1. The number of amides is 1. The summed E-state index contributed by atoms with van der Waals surface area (Å²) in [5.74, 6) is 0.513. The number of hydrogen-bond donors (Lipinski definition) is 2. The van der Waals surface area contributed by atoms with E-state index in [0.29, 0.717) is 12.2 Å². The van der Waals surface area contributed by atoms with Gasteiger partial charge in [0.25, 0.3) is 5.91 Å². The van der Waals surface area contributed by atoms with Gasteiger partial charge in [0.05, 0.1) is 23.7 Å². The van der Waals surface area contributed by atoms with Gasteiger partial charge < -0.3 is 9.73 Å². The second kappa shape index (κ2) is 8.63. The molecule has 4 rings (SSSR count). The molecule has 1 atom stereocenters. The van der Waals surface area contributed by atoms with Crippen LogP contribution in [0.5, 0.6) is 0 Å². The Kier molecular flexibility index (Phi) is 5.94. The lowest BCUT2D eigenvalue weighted by Crippen LogP contribution is -2.31. The number of thioether (sulfide) groups is 1. The van der Waals surface area contributed by atoms with Crippen molar-refractivity contribution in [2.75, 3.05) is 5.75 Å². The number of benzene rings is 2. The van der Waals surface area contributed by atoms with Gasteiger partial charge in [0.1, 0.15) is 11.6 Å². The fourth-order valence-corrected chi connectivity index (χ4v) is 5.37. The molecule has 0 saturated carbocycles. The maximum Gasteiger partial charge on any atom is 0.251 e. The Morgan fingerprint density at radius 2 is 2.03 bits per heavy atom. The second-order valence-electron chi connectivity index (χ2n) is 6.78. The van der Waals surface area contributed by atoms with E-state index in [-0.39, 0.29) is 28.9 Å². The van der Waals surface area contributed by atoms with E-state index < -0.39 is 15.9 Å². The molecule has 0 radical (unpaired) electrons. The average Bonchev–Trinajstić information content (AvgIpc) is 3.27. The fraction of sp³-hybridized carbons (Fsp3) is 0.190. The minimum atomic E-state index is -3.82. The molecule has 1 aromatic heterocycles. The third-order valence-electron chi connectivity index (χ3n) is 4.74. The van der Waals surface area contributed by atoms with E-state index >= 15 is 0 Å². The molecule has 0 aliphatic carbocycles. The molecule has 2 N–H and O–H groups in total. The summed E-state index contributed by atoms with van der Waals surface area (Å²) >= 11 is 1.62. The molecule has 0 saturated heterocycles. The van der Waals surface area contributed by atoms with Gasteiger partial charge in [-0.05, 0) is 60.5 Å².